The molecule has 0 spiro atoms. The molecule has 0 bridgehead atoms. The second-order valence-electron chi connectivity index (χ2n) is 6.07. The number of thiocarbonyl (C=S) groups is 1. The molecule has 1 aromatic heterocycles. The van der Waals surface area contributed by atoms with Crippen LogP contribution in [0.5, 0.6) is 0 Å². The predicted molar refractivity (Wildman–Crippen MR) is 108 cm³/mol. The van der Waals surface area contributed by atoms with Gasteiger partial charge in [0, 0.05) is 6.20 Å². The van der Waals surface area contributed by atoms with Gasteiger partial charge in [0.05, 0.1) is 6.04 Å². The topological polar surface area (TPSA) is 37.0 Å². The van der Waals surface area contributed by atoms with Gasteiger partial charge in [-0.25, -0.2) is 4.98 Å². The van der Waals surface area contributed by atoms with E-state index in [1.807, 2.05) is 37.3 Å². The Balaban J connectivity index is 1.84. The molecule has 0 saturated heterocycles. The van der Waals surface area contributed by atoms with Crippen molar-refractivity contribution in [2.75, 3.05) is 5.32 Å². The van der Waals surface area contributed by atoms with Gasteiger partial charge in [-0.05, 0) is 54.9 Å². The Labute approximate surface area is 154 Å². The largest absolute Gasteiger partial charge is 0.351 e. The summed E-state index contributed by atoms with van der Waals surface area (Å²) < 4.78 is 0. The van der Waals surface area contributed by atoms with Crippen LogP contribution in [0.2, 0.25) is 0 Å². The molecule has 2 N–H and O–H groups in total. The Kier molecular flexibility index (Phi) is 5.41. The third-order valence-corrected chi connectivity index (χ3v) is 4.16. The molecular weight excluding hydrogens is 326 g/mol. The standard InChI is InChI=1S/C21H21N3S/c1-15-7-6-10-18(13-15)20(17-8-4-3-5-9-17)24-21(25)23-19-14-16(2)11-12-22-19/h3-14,20H,1-2H3,(H2,22,23,24,25). The summed E-state index contributed by atoms with van der Waals surface area (Å²) in [6, 6.07) is 22.7. The van der Waals surface area contributed by atoms with Gasteiger partial charge in [-0.2, -0.15) is 0 Å². The lowest BCUT2D eigenvalue weighted by atomic mass is 9.97. The summed E-state index contributed by atoms with van der Waals surface area (Å²) in [7, 11) is 0. The fourth-order valence-corrected chi connectivity index (χ4v) is 2.96. The van der Waals surface area contributed by atoms with Crippen molar-refractivity contribution in [2.45, 2.75) is 19.9 Å². The first-order valence-electron chi connectivity index (χ1n) is 8.23. The predicted octanol–water partition coefficient (Wildman–Crippen LogP) is 4.77. The number of anilines is 1. The Bertz CT molecular complexity index is 862. The average molecular weight is 347 g/mol. The van der Waals surface area contributed by atoms with E-state index in [0.717, 1.165) is 16.9 Å². The summed E-state index contributed by atoms with van der Waals surface area (Å²) >= 11 is 5.53. The molecule has 0 radical (unpaired) electrons. The molecule has 0 aliphatic heterocycles. The molecule has 3 aromatic rings. The fourth-order valence-electron chi connectivity index (χ4n) is 2.74. The Morgan fingerprint density at radius 2 is 1.60 bits per heavy atom. The number of aromatic nitrogens is 1. The molecular formula is C21H21N3S. The van der Waals surface area contributed by atoms with Gasteiger partial charge in [0.1, 0.15) is 5.82 Å². The molecule has 4 heteroatoms. The number of rotatable bonds is 4. The normalized spacial score (nSPS) is 11.6. The minimum atomic E-state index is -0.0223. The van der Waals surface area contributed by atoms with E-state index in [4.69, 9.17) is 12.2 Å². The van der Waals surface area contributed by atoms with Crippen LogP contribution >= 0.6 is 12.2 Å². The molecule has 0 amide bonds. The third-order valence-electron chi connectivity index (χ3n) is 3.94. The van der Waals surface area contributed by atoms with Crippen LogP contribution in [0.3, 0.4) is 0 Å². The summed E-state index contributed by atoms with van der Waals surface area (Å²) in [5.74, 6) is 0.744. The van der Waals surface area contributed by atoms with Crippen LogP contribution in [0.4, 0.5) is 5.82 Å². The number of hydrogen-bond acceptors (Lipinski definition) is 2. The molecule has 25 heavy (non-hydrogen) atoms. The van der Waals surface area contributed by atoms with Crippen molar-refractivity contribution in [1.82, 2.24) is 10.3 Å². The first-order chi connectivity index (χ1) is 12.1. The molecule has 0 aliphatic rings. The summed E-state index contributed by atoms with van der Waals surface area (Å²) in [6.45, 7) is 4.13. The zero-order chi connectivity index (χ0) is 17.6. The monoisotopic (exact) mass is 347 g/mol. The second-order valence-corrected chi connectivity index (χ2v) is 6.48. The summed E-state index contributed by atoms with van der Waals surface area (Å²) in [4.78, 5) is 4.31. The van der Waals surface area contributed by atoms with E-state index in [0.29, 0.717) is 5.11 Å². The number of pyridine rings is 1. The van der Waals surface area contributed by atoms with Crippen molar-refractivity contribution >= 4 is 23.1 Å². The SMILES string of the molecule is Cc1cccc(C(NC(=S)Nc2cc(C)ccn2)c2ccccc2)c1. The quantitative estimate of drug-likeness (QED) is 0.666. The van der Waals surface area contributed by atoms with Gasteiger partial charge in [0.15, 0.2) is 5.11 Å². The highest BCUT2D eigenvalue weighted by molar-refractivity contribution is 7.80. The minimum Gasteiger partial charge on any atom is -0.351 e. The van der Waals surface area contributed by atoms with E-state index in [2.05, 4.69) is 58.9 Å². The molecule has 0 aliphatic carbocycles. The van der Waals surface area contributed by atoms with Crippen LogP contribution in [0.1, 0.15) is 28.3 Å². The summed E-state index contributed by atoms with van der Waals surface area (Å²) in [5.41, 5.74) is 4.69. The van der Waals surface area contributed by atoms with E-state index < -0.39 is 0 Å². The highest BCUT2D eigenvalue weighted by Gasteiger charge is 2.15. The molecule has 126 valence electrons. The zero-order valence-electron chi connectivity index (χ0n) is 14.4. The maximum Gasteiger partial charge on any atom is 0.172 e. The van der Waals surface area contributed by atoms with Gasteiger partial charge in [0.2, 0.25) is 0 Å². The molecule has 2 aromatic carbocycles. The molecule has 3 rings (SSSR count). The first kappa shape index (κ1) is 17.1. The van der Waals surface area contributed by atoms with Gasteiger partial charge < -0.3 is 10.6 Å². The van der Waals surface area contributed by atoms with Crippen molar-refractivity contribution < 1.29 is 0 Å². The number of nitrogens with zero attached hydrogens (tertiary/aromatic N) is 1. The van der Waals surface area contributed by atoms with E-state index >= 15 is 0 Å². The maximum absolute atomic E-state index is 5.53. The lowest BCUT2D eigenvalue weighted by Crippen LogP contribution is -2.33. The third kappa shape index (κ3) is 4.64. The van der Waals surface area contributed by atoms with E-state index in [1.54, 1.807) is 6.20 Å². The van der Waals surface area contributed by atoms with Gasteiger partial charge in [-0.1, -0.05) is 60.2 Å². The maximum atomic E-state index is 5.53. The minimum absolute atomic E-state index is 0.0223. The van der Waals surface area contributed by atoms with Crippen LogP contribution in [-0.2, 0) is 0 Å². The van der Waals surface area contributed by atoms with Crippen LogP contribution in [-0.4, -0.2) is 10.1 Å². The molecule has 0 fully saturated rings. The zero-order valence-corrected chi connectivity index (χ0v) is 15.2. The lowest BCUT2D eigenvalue weighted by molar-refractivity contribution is 0.767. The van der Waals surface area contributed by atoms with E-state index in [1.165, 1.54) is 11.1 Å². The summed E-state index contributed by atoms with van der Waals surface area (Å²) in [6.07, 6.45) is 1.77. The number of nitrogens with one attached hydrogen (secondary N) is 2. The number of hydrogen-bond donors (Lipinski definition) is 2. The van der Waals surface area contributed by atoms with Gasteiger partial charge in [0.25, 0.3) is 0 Å². The Morgan fingerprint density at radius 3 is 2.32 bits per heavy atom. The number of aryl methyl sites for hydroxylation is 2. The number of benzene rings is 2. The Morgan fingerprint density at radius 1 is 0.880 bits per heavy atom. The lowest BCUT2D eigenvalue weighted by Gasteiger charge is -2.22. The van der Waals surface area contributed by atoms with Crippen molar-refractivity contribution in [1.29, 1.82) is 0 Å². The van der Waals surface area contributed by atoms with E-state index in [-0.39, 0.29) is 6.04 Å². The highest BCUT2D eigenvalue weighted by atomic mass is 32.1. The van der Waals surface area contributed by atoms with Crippen LogP contribution in [0.25, 0.3) is 0 Å². The highest BCUT2D eigenvalue weighted by Crippen LogP contribution is 2.23. The Hall–Kier alpha value is -2.72. The van der Waals surface area contributed by atoms with Crippen molar-refractivity contribution in [3.05, 3.63) is 95.2 Å². The van der Waals surface area contributed by atoms with Gasteiger partial charge in [-0.3, -0.25) is 0 Å². The first-order valence-corrected chi connectivity index (χ1v) is 8.64. The van der Waals surface area contributed by atoms with Crippen molar-refractivity contribution in [3.63, 3.8) is 0 Å². The van der Waals surface area contributed by atoms with Crippen LogP contribution in [0, 0.1) is 13.8 Å². The average Bonchev–Trinajstić information content (AvgIpc) is 2.60. The fraction of sp³-hybridized carbons (Fsp3) is 0.143. The van der Waals surface area contributed by atoms with Crippen molar-refractivity contribution in [3.8, 4) is 0 Å². The molecule has 3 nitrogen and oxygen atoms in total. The van der Waals surface area contributed by atoms with Crippen molar-refractivity contribution in [2.24, 2.45) is 0 Å². The van der Waals surface area contributed by atoms with E-state index in [9.17, 15) is 0 Å². The van der Waals surface area contributed by atoms with Gasteiger partial charge >= 0.3 is 0 Å². The van der Waals surface area contributed by atoms with Gasteiger partial charge in [-0.15, -0.1) is 0 Å². The smallest absolute Gasteiger partial charge is 0.172 e. The molecule has 1 heterocycles. The second kappa shape index (κ2) is 7.90. The van der Waals surface area contributed by atoms with Crippen LogP contribution < -0.4 is 10.6 Å². The van der Waals surface area contributed by atoms with Crippen LogP contribution in [0.15, 0.2) is 72.9 Å². The molecule has 1 atom stereocenters. The molecule has 1 unspecified atom stereocenters. The molecule has 0 saturated carbocycles. The summed E-state index contributed by atoms with van der Waals surface area (Å²) in [5, 5.41) is 7.15.